The number of carbonyl (C=O) groups excluding carboxylic acids is 1. The average Bonchev–Trinajstić information content (AvgIpc) is 1.82. The van der Waals surface area contributed by atoms with Crippen molar-refractivity contribution in [3.8, 4) is 0 Å². The van der Waals surface area contributed by atoms with Gasteiger partial charge in [0.2, 0.25) is 0 Å². The second-order valence-electron chi connectivity index (χ2n) is 1.98. The average molecular weight is 170 g/mol. The van der Waals surface area contributed by atoms with Gasteiger partial charge in [0.15, 0.2) is 0 Å². The summed E-state index contributed by atoms with van der Waals surface area (Å²) in [5, 5.41) is 9.44. The van der Waals surface area contributed by atoms with Crippen LogP contribution in [0.2, 0.25) is 0 Å². The van der Waals surface area contributed by atoms with Crippen LogP contribution in [-0.4, -0.2) is 11.2 Å². The van der Waals surface area contributed by atoms with Crippen LogP contribution in [0.3, 0.4) is 0 Å². The first-order valence-corrected chi connectivity index (χ1v) is 3.59. The summed E-state index contributed by atoms with van der Waals surface area (Å²) in [5.41, 5.74) is 0. The van der Waals surface area contributed by atoms with E-state index in [-0.39, 0.29) is 29.6 Å². The van der Waals surface area contributed by atoms with Gasteiger partial charge in [0.05, 0.1) is 5.97 Å². The van der Waals surface area contributed by atoms with E-state index in [1.807, 2.05) is 6.92 Å². The Labute approximate surface area is 89.1 Å². The summed E-state index contributed by atoms with van der Waals surface area (Å²) in [6.07, 6.45) is 2.52. The van der Waals surface area contributed by atoms with E-state index in [4.69, 9.17) is 0 Å². The van der Waals surface area contributed by atoms with Gasteiger partial charge in [0.1, 0.15) is 0 Å². The van der Waals surface area contributed by atoms with Crippen molar-refractivity contribution < 1.29 is 39.5 Å². The molecule has 0 amide bonds. The first-order chi connectivity index (χ1) is 4.18. The first kappa shape index (κ1) is 13.4. The van der Waals surface area contributed by atoms with Gasteiger partial charge < -0.3 is 9.90 Å². The topological polar surface area (TPSA) is 40.1 Å². The van der Waals surface area contributed by atoms with Gasteiger partial charge in [-0.3, -0.25) is 0 Å². The smallest absolute Gasteiger partial charge is 0.549 e. The van der Waals surface area contributed by atoms with Crippen LogP contribution in [0.25, 0.3) is 0 Å². The number of unbranched alkanes of at least 4 members (excludes halogenated alkanes) is 1. The number of carbonyl (C=O) groups is 1. The van der Waals surface area contributed by atoms with Crippen molar-refractivity contribution in [2.45, 2.75) is 31.4 Å². The van der Waals surface area contributed by atoms with Crippen LogP contribution in [0.15, 0.2) is 0 Å². The Morgan fingerprint density at radius 1 is 1.70 bits per heavy atom. The van der Waals surface area contributed by atoms with Crippen LogP contribution in [0.4, 0.5) is 0 Å². The number of hydrogen-bond donors (Lipinski definition) is 1. The molecule has 0 saturated heterocycles. The van der Waals surface area contributed by atoms with Gasteiger partial charge in [-0.25, -0.2) is 0 Å². The number of thiol groups is 1. The van der Waals surface area contributed by atoms with Crippen LogP contribution in [-0.2, 0) is 4.79 Å². The third-order valence-corrected chi connectivity index (χ3v) is 1.57. The number of aliphatic carboxylic acids is 1. The molecule has 0 aliphatic heterocycles. The van der Waals surface area contributed by atoms with Gasteiger partial charge in [-0.1, -0.05) is 19.8 Å². The molecule has 4 heteroatoms. The fourth-order valence-electron chi connectivity index (χ4n) is 0.515. The Kier molecular flexibility index (Phi) is 10.6. The van der Waals surface area contributed by atoms with Crippen molar-refractivity contribution in [1.82, 2.24) is 0 Å². The molecule has 0 unspecified atom stereocenters. The van der Waals surface area contributed by atoms with Crippen molar-refractivity contribution in [1.29, 1.82) is 0 Å². The van der Waals surface area contributed by atoms with Crippen molar-refractivity contribution >= 4 is 18.6 Å². The normalized spacial score (nSPS) is 11.8. The molecular formula is C6H11NaO2S. The minimum atomic E-state index is -1.06. The maximum absolute atomic E-state index is 10.0. The van der Waals surface area contributed by atoms with E-state index >= 15 is 0 Å². The Morgan fingerprint density at radius 2 is 2.20 bits per heavy atom. The molecule has 0 aliphatic carbocycles. The SMILES string of the molecule is CCCC[C@H](S)C(=O)[O-].[Na+]. The van der Waals surface area contributed by atoms with Crippen molar-refractivity contribution in [2.24, 2.45) is 0 Å². The summed E-state index contributed by atoms with van der Waals surface area (Å²) in [5.74, 6) is -1.06. The molecule has 2 nitrogen and oxygen atoms in total. The molecule has 0 aliphatic rings. The summed E-state index contributed by atoms with van der Waals surface area (Å²) >= 11 is 3.80. The summed E-state index contributed by atoms with van der Waals surface area (Å²) in [6.45, 7) is 2.01. The predicted molar refractivity (Wildman–Crippen MR) is 37.3 cm³/mol. The zero-order valence-corrected chi connectivity index (χ0v) is 9.36. The van der Waals surface area contributed by atoms with E-state index in [0.29, 0.717) is 6.42 Å². The van der Waals surface area contributed by atoms with E-state index in [9.17, 15) is 9.90 Å². The maximum Gasteiger partial charge on any atom is 1.00 e. The number of hydrogen-bond acceptors (Lipinski definition) is 3. The molecule has 0 aromatic rings. The molecule has 0 aromatic carbocycles. The van der Waals surface area contributed by atoms with Gasteiger partial charge in [-0.05, 0) is 6.42 Å². The van der Waals surface area contributed by atoms with E-state index in [0.717, 1.165) is 12.8 Å². The number of carboxylic acid groups (broad SMARTS) is 1. The Bertz CT molecular complexity index is 97.7. The molecular weight excluding hydrogens is 159 g/mol. The first-order valence-electron chi connectivity index (χ1n) is 3.07. The quantitative estimate of drug-likeness (QED) is 0.366. The van der Waals surface area contributed by atoms with Crippen molar-refractivity contribution in [3.63, 3.8) is 0 Å². The third kappa shape index (κ3) is 6.93. The van der Waals surface area contributed by atoms with Crippen LogP contribution in [0.1, 0.15) is 26.2 Å². The summed E-state index contributed by atoms with van der Waals surface area (Å²) < 4.78 is 0. The molecule has 0 radical (unpaired) electrons. The second kappa shape index (κ2) is 7.92. The van der Waals surface area contributed by atoms with Crippen LogP contribution in [0, 0.1) is 0 Å². The van der Waals surface area contributed by atoms with E-state index < -0.39 is 11.2 Å². The third-order valence-electron chi connectivity index (χ3n) is 1.10. The Morgan fingerprint density at radius 3 is 2.50 bits per heavy atom. The minimum absolute atomic E-state index is 0. The molecule has 0 N–H and O–H groups in total. The van der Waals surface area contributed by atoms with Gasteiger partial charge in [-0.2, -0.15) is 12.6 Å². The van der Waals surface area contributed by atoms with E-state index in [1.165, 1.54) is 0 Å². The molecule has 0 aromatic heterocycles. The Balaban J connectivity index is 0. The molecule has 0 heterocycles. The maximum atomic E-state index is 10.0. The monoisotopic (exact) mass is 170 g/mol. The largest absolute Gasteiger partial charge is 1.00 e. The fraction of sp³-hybridized carbons (Fsp3) is 0.833. The van der Waals surface area contributed by atoms with Crippen LogP contribution < -0.4 is 34.7 Å². The van der Waals surface area contributed by atoms with Crippen LogP contribution in [0.5, 0.6) is 0 Å². The summed E-state index contributed by atoms with van der Waals surface area (Å²) in [6, 6.07) is 0. The van der Waals surface area contributed by atoms with Crippen molar-refractivity contribution in [2.75, 3.05) is 0 Å². The molecule has 0 spiro atoms. The zero-order valence-electron chi connectivity index (χ0n) is 6.46. The fourth-order valence-corrected chi connectivity index (χ4v) is 0.698. The van der Waals surface area contributed by atoms with Gasteiger partial charge in [-0.15, -0.1) is 0 Å². The van der Waals surface area contributed by atoms with Crippen molar-refractivity contribution in [3.05, 3.63) is 0 Å². The number of carboxylic acids is 1. The van der Waals surface area contributed by atoms with Crippen LogP contribution >= 0.6 is 12.6 Å². The Hall–Kier alpha value is 0.820. The molecule has 0 saturated carbocycles. The molecule has 0 fully saturated rings. The zero-order chi connectivity index (χ0) is 7.28. The molecule has 0 bridgehead atoms. The van der Waals surface area contributed by atoms with Gasteiger partial charge in [0, 0.05) is 5.25 Å². The molecule has 54 valence electrons. The predicted octanol–water partition coefficient (Wildman–Crippen LogP) is -2.77. The second-order valence-corrected chi connectivity index (χ2v) is 2.60. The molecule has 1 atom stereocenters. The van der Waals surface area contributed by atoms with E-state index in [1.54, 1.807) is 0 Å². The standard InChI is InChI=1S/C6H12O2S.Na/c1-2-3-4-5(9)6(7)8;/h5,9H,2-4H2,1H3,(H,7,8);/q;+1/p-1/t5-;/m0./s1. The van der Waals surface area contributed by atoms with Gasteiger partial charge in [0.25, 0.3) is 0 Å². The van der Waals surface area contributed by atoms with E-state index in [2.05, 4.69) is 12.6 Å². The molecule has 0 rings (SSSR count). The van der Waals surface area contributed by atoms with Gasteiger partial charge >= 0.3 is 29.6 Å². The summed E-state index contributed by atoms with van der Waals surface area (Å²) in [4.78, 5) is 10.0. The summed E-state index contributed by atoms with van der Waals surface area (Å²) in [7, 11) is 0. The number of rotatable bonds is 4. The molecule has 10 heavy (non-hydrogen) atoms. The minimum Gasteiger partial charge on any atom is -0.549 e.